The van der Waals surface area contributed by atoms with Crippen LogP contribution in [0.15, 0.2) is 12.1 Å². The number of carbonyl (C=O) groups excluding carboxylic acids is 1. The molecule has 1 aromatic rings. The SMILES string of the molecule is Cc1ccc(CNC(=O)N2CCC(C)CC2C(=O)O)s1. The third-order valence-corrected chi connectivity index (χ3v) is 4.62. The lowest BCUT2D eigenvalue weighted by Crippen LogP contribution is -2.53. The third-order valence-electron chi connectivity index (χ3n) is 3.62. The fourth-order valence-electron chi connectivity index (χ4n) is 2.46. The average Bonchev–Trinajstić information content (AvgIpc) is 2.81. The van der Waals surface area contributed by atoms with Gasteiger partial charge in [-0.25, -0.2) is 9.59 Å². The second-order valence-corrected chi connectivity index (χ2v) is 6.72. The second-order valence-electron chi connectivity index (χ2n) is 5.35. The molecular formula is C14H20N2O3S. The maximum Gasteiger partial charge on any atom is 0.326 e. The molecule has 2 atom stereocenters. The molecule has 1 aromatic heterocycles. The first kappa shape index (κ1) is 14.8. The molecule has 6 heteroatoms. The van der Waals surface area contributed by atoms with Crippen LogP contribution >= 0.6 is 11.3 Å². The largest absolute Gasteiger partial charge is 0.480 e. The van der Waals surface area contributed by atoms with Crippen LogP contribution in [-0.2, 0) is 11.3 Å². The Hall–Kier alpha value is -1.56. The van der Waals surface area contributed by atoms with Crippen molar-refractivity contribution in [2.24, 2.45) is 5.92 Å². The molecule has 0 bridgehead atoms. The van der Waals surface area contributed by atoms with Crippen molar-refractivity contribution in [3.8, 4) is 0 Å². The molecule has 2 unspecified atom stereocenters. The second kappa shape index (κ2) is 6.26. The summed E-state index contributed by atoms with van der Waals surface area (Å²) >= 11 is 1.63. The Balaban J connectivity index is 1.94. The van der Waals surface area contributed by atoms with Crippen LogP contribution in [0.4, 0.5) is 4.79 Å². The van der Waals surface area contributed by atoms with E-state index in [9.17, 15) is 14.7 Å². The van der Waals surface area contributed by atoms with Crippen LogP contribution in [0.3, 0.4) is 0 Å². The van der Waals surface area contributed by atoms with E-state index in [2.05, 4.69) is 5.32 Å². The number of hydrogen-bond donors (Lipinski definition) is 2. The van der Waals surface area contributed by atoms with E-state index in [1.165, 1.54) is 9.78 Å². The summed E-state index contributed by atoms with van der Waals surface area (Å²) in [6.45, 7) is 5.01. The van der Waals surface area contributed by atoms with Crippen LogP contribution in [0.1, 0.15) is 29.5 Å². The number of amides is 2. The number of nitrogens with zero attached hydrogens (tertiary/aromatic N) is 1. The van der Waals surface area contributed by atoms with E-state index in [4.69, 9.17) is 0 Å². The number of rotatable bonds is 3. The zero-order valence-electron chi connectivity index (χ0n) is 11.8. The highest BCUT2D eigenvalue weighted by Crippen LogP contribution is 2.23. The minimum absolute atomic E-state index is 0.282. The lowest BCUT2D eigenvalue weighted by Gasteiger charge is -2.35. The van der Waals surface area contributed by atoms with Gasteiger partial charge in [-0.2, -0.15) is 0 Å². The van der Waals surface area contributed by atoms with Gasteiger partial charge < -0.3 is 15.3 Å². The maximum atomic E-state index is 12.2. The average molecular weight is 296 g/mol. The van der Waals surface area contributed by atoms with Gasteiger partial charge in [0.1, 0.15) is 6.04 Å². The number of aliphatic carboxylic acids is 1. The quantitative estimate of drug-likeness (QED) is 0.900. The first-order chi connectivity index (χ1) is 9.47. The first-order valence-electron chi connectivity index (χ1n) is 6.80. The number of likely N-dealkylation sites (tertiary alicyclic amines) is 1. The molecule has 0 radical (unpaired) electrons. The van der Waals surface area contributed by atoms with Gasteiger partial charge in [0, 0.05) is 16.3 Å². The molecule has 0 saturated carbocycles. The smallest absolute Gasteiger partial charge is 0.326 e. The van der Waals surface area contributed by atoms with E-state index in [-0.39, 0.29) is 6.03 Å². The lowest BCUT2D eigenvalue weighted by atomic mass is 9.93. The van der Waals surface area contributed by atoms with E-state index < -0.39 is 12.0 Å². The fraction of sp³-hybridized carbons (Fsp3) is 0.571. The van der Waals surface area contributed by atoms with Crippen molar-refractivity contribution in [3.05, 3.63) is 21.9 Å². The van der Waals surface area contributed by atoms with Gasteiger partial charge in [-0.15, -0.1) is 11.3 Å². The van der Waals surface area contributed by atoms with Gasteiger partial charge in [-0.3, -0.25) is 0 Å². The van der Waals surface area contributed by atoms with E-state index >= 15 is 0 Å². The van der Waals surface area contributed by atoms with Crippen LogP contribution in [0, 0.1) is 12.8 Å². The van der Waals surface area contributed by atoms with Gasteiger partial charge in [0.25, 0.3) is 0 Å². The van der Waals surface area contributed by atoms with Crippen molar-refractivity contribution in [3.63, 3.8) is 0 Å². The number of nitrogens with one attached hydrogen (secondary N) is 1. The minimum Gasteiger partial charge on any atom is -0.480 e. The van der Waals surface area contributed by atoms with Crippen molar-refractivity contribution in [1.82, 2.24) is 10.2 Å². The molecule has 1 aliphatic rings. The number of piperidine rings is 1. The molecule has 1 fully saturated rings. The summed E-state index contributed by atoms with van der Waals surface area (Å²) in [4.78, 5) is 27.2. The van der Waals surface area contributed by atoms with Crippen LogP contribution < -0.4 is 5.32 Å². The van der Waals surface area contributed by atoms with Gasteiger partial charge in [0.05, 0.1) is 6.54 Å². The molecule has 2 N–H and O–H groups in total. The van der Waals surface area contributed by atoms with Crippen LogP contribution in [-0.4, -0.2) is 34.6 Å². The van der Waals surface area contributed by atoms with Crippen molar-refractivity contribution in [2.75, 3.05) is 6.54 Å². The molecule has 2 rings (SSSR count). The molecule has 1 saturated heterocycles. The number of carbonyl (C=O) groups is 2. The van der Waals surface area contributed by atoms with Crippen LogP contribution in [0.2, 0.25) is 0 Å². The predicted molar refractivity (Wildman–Crippen MR) is 77.8 cm³/mol. The number of carboxylic acids is 1. The zero-order chi connectivity index (χ0) is 14.7. The van der Waals surface area contributed by atoms with E-state index in [0.717, 1.165) is 11.3 Å². The molecule has 2 heterocycles. The Morgan fingerprint density at radius 2 is 2.25 bits per heavy atom. The molecule has 2 amide bonds. The highest BCUT2D eigenvalue weighted by Gasteiger charge is 2.34. The standard InChI is InChI=1S/C14H20N2O3S/c1-9-5-6-16(12(7-9)13(17)18)14(19)15-8-11-4-3-10(2)20-11/h3-4,9,12H,5-8H2,1-2H3,(H,15,19)(H,17,18). The normalized spacial score (nSPS) is 22.6. The minimum atomic E-state index is -0.918. The van der Waals surface area contributed by atoms with Gasteiger partial charge >= 0.3 is 12.0 Å². The van der Waals surface area contributed by atoms with Gasteiger partial charge in [0.2, 0.25) is 0 Å². The van der Waals surface area contributed by atoms with Gasteiger partial charge in [-0.1, -0.05) is 6.92 Å². The molecule has 0 spiro atoms. The van der Waals surface area contributed by atoms with Crippen molar-refractivity contribution < 1.29 is 14.7 Å². The van der Waals surface area contributed by atoms with Crippen molar-refractivity contribution in [2.45, 2.75) is 39.3 Å². The summed E-state index contributed by atoms with van der Waals surface area (Å²) in [7, 11) is 0. The lowest BCUT2D eigenvalue weighted by molar-refractivity contribution is -0.143. The molecule has 20 heavy (non-hydrogen) atoms. The van der Waals surface area contributed by atoms with Crippen LogP contribution in [0.25, 0.3) is 0 Å². The maximum absolute atomic E-state index is 12.2. The van der Waals surface area contributed by atoms with Gasteiger partial charge in [-0.05, 0) is 37.8 Å². The predicted octanol–water partition coefficient (Wildman–Crippen LogP) is 2.45. The Bertz CT molecular complexity index is 500. The summed E-state index contributed by atoms with van der Waals surface area (Å²) in [6, 6.07) is 3.00. The third kappa shape index (κ3) is 3.50. The molecular weight excluding hydrogens is 276 g/mol. The van der Waals surface area contributed by atoms with E-state index in [0.29, 0.717) is 25.4 Å². The monoisotopic (exact) mass is 296 g/mol. The number of carboxylic acid groups (broad SMARTS) is 1. The number of urea groups is 1. The fourth-order valence-corrected chi connectivity index (χ4v) is 3.29. The van der Waals surface area contributed by atoms with Crippen LogP contribution in [0.5, 0.6) is 0 Å². The topological polar surface area (TPSA) is 69.6 Å². The molecule has 0 aliphatic carbocycles. The Morgan fingerprint density at radius 3 is 2.85 bits per heavy atom. The number of thiophene rings is 1. The molecule has 5 nitrogen and oxygen atoms in total. The Kier molecular flexibility index (Phi) is 4.65. The summed E-state index contributed by atoms with van der Waals surface area (Å²) in [5.74, 6) is -0.571. The van der Waals surface area contributed by atoms with Gasteiger partial charge in [0.15, 0.2) is 0 Å². The van der Waals surface area contributed by atoms with E-state index in [1.54, 1.807) is 11.3 Å². The number of aryl methyl sites for hydroxylation is 1. The Morgan fingerprint density at radius 1 is 1.50 bits per heavy atom. The summed E-state index contributed by atoms with van der Waals surface area (Å²) in [5, 5.41) is 12.1. The van der Waals surface area contributed by atoms with Crippen molar-refractivity contribution >= 4 is 23.3 Å². The number of hydrogen-bond acceptors (Lipinski definition) is 3. The zero-order valence-corrected chi connectivity index (χ0v) is 12.6. The highest BCUT2D eigenvalue weighted by molar-refractivity contribution is 7.11. The molecule has 110 valence electrons. The summed E-state index contributed by atoms with van der Waals surface area (Å²) in [6.07, 6.45) is 1.39. The molecule has 1 aliphatic heterocycles. The highest BCUT2D eigenvalue weighted by atomic mass is 32.1. The first-order valence-corrected chi connectivity index (χ1v) is 7.61. The van der Waals surface area contributed by atoms with E-state index in [1.807, 2.05) is 26.0 Å². The molecule has 0 aromatic carbocycles. The Labute approximate surface area is 122 Å². The summed E-state index contributed by atoms with van der Waals surface area (Å²) in [5.41, 5.74) is 0. The summed E-state index contributed by atoms with van der Waals surface area (Å²) < 4.78 is 0. The van der Waals surface area contributed by atoms with Crippen molar-refractivity contribution in [1.29, 1.82) is 0 Å².